The van der Waals surface area contributed by atoms with Gasteiger partial charge in [-0.15, -0.1) is 24.0 Å². The quantitative estimate of drug-likeness (QED) is 0.0423. The van der Waals surface area contributed by atoms with Crippen molar-refractivity contribution < 1.29 is 14.3 Å². The van der Waals surface area contributed by atoms with Crippen molar-refractivity contribution in [2.24, 2.45) is 11.3 Å². The number of para-hydroxylation sites is 2. The van der Waals surface area contributed by atoms with Gasteiger partial charge in [0.15, 0.2) is 0 Å². The topological polar surface area (TPSA) is 88.9 Å². The van der Waals surface area contributed by atoms with E-state index in [1.165, 1.54) is 11.3 Å². The van der Waals surface area contributed by atoms with E-state index in [0.29, 0.717) is 42.7 Å². The first-order valence-corrected chi connectivity index (χ1v) is 16.7. The Morgan fingerprint density at radius 3 is 2.53 bits per heavy atom. The summed E-state index contributed by atoms with van der Waals surface area (Å²) in [7, 11) is 0. The van der Waals surface area contributed by atoms with Crippen LogP contribution in [0.25, 0.3) is 0 Å². The van der Waals surface area contributed by atoms with Gasteiger partial charge in [-0.25, -0.2) is 5.84 Å². The lowest BCUT2D eigenvalue weighted by atomic mass is 9.88. The van der Waals surface area contributed by atoms with Crippen LogP contribution in [0.3, 0.4) is 0 Å². The maximum Gasteiger partial charge on any atom is 0.312 e. The number of carbonyl (C=O) groups excluding carboxylic acids is 1. The minimum Gasteiger partial charge on any atom is -0.486 e. The molecule has 0 aliphatic rings. The standard InChI is InChI=1S/C35H43ClN4O3S2/c1-5-40(37)29-15-11-12-24(2)32(29)39-22-27(43-30-16-9-10-17-31(30)44)21-38-20-26-18-28(45-33(26)36)19-35(3,4)34(41)42-23-25-13-7-6-8-14-25/h6-18,27,38-39,44H,5,19-23,37H2,1-4H3/t27-/m0/s1. The van der Waals surface area contributed by atoms with Crippen molar-refractivity contribution in [3.63, 3.8) is 0 Å². The second-order valence-corrected chi connectivity index (χ2v) is 13.8. The van der Waals surface area contributed by atoms with Crippen molar-refractivity contribution in [2.45, 2.75) is 58.3 Å². The van der Waals surface area contributed by atoms with Crippen LogP contribution < -0.4 is 26.2 Å². The molecule has 0 aliphatic carbocycles. The molecule has 45 heavy (non-hydrogen) atoms. The van der Waals surface area contributed by atoms with Crippen LogP contribution in [0.5, 0.6) is 5.75 Å². The summed E-state index contributed by atoms with van der Waals surface area (Å²) < 4.78 is 12.8. The van der Waals surface area contributed by atoms with Crippen molar-refractivity contribution in [3.8, 4) is 5.75 Å². The fourth-order valence-corrected chi connectivity index (χ4v) is 6.62. The summed E-state index contributed by atoms with van der Waals surface area (Å²) in [6.07, 6.45) is 0.308. The van der Waals surface area contributed by atoms with E-state index in [9.17, 15) is 4.79 Å². The van der Waals surface area contributed by atoms with E-state index in [-0.39, 0.29) is 18.7 Å². The minimum atomic E-state index is -0.691. The largest absolute Gasteiger partial charge is 0.486 e. The number of hydrazine groups is 1. The Bertz CT molecular complexity index is 1550. The van der Waals surface area contributed by atoms with Crippen molar-refractivity contribution in [3.05, 3.63) is 105 Å². The number of ether oxygens (including phenoxy) is 2. The number of thiol groups is 1. The van der Waals surface area contributed by atoms with Crippen molar-refractivity contribution >= 4 is 52.9 Å². The van der Waals surface area contributed by atoms with Crippen LogP contribution >= 0.6 is 35.6 Å². The second-order valence-electron chi connectivity index (χ2n) is 11.6. The lowest BCUT2D eigenvalue weighted by Gasteiger charge is -2.25. The van der Waals surface area contributed by atoms with Crippen molar-refractivity contribution in [2.75, 3.05) is 30.0 Å². The highest BCUT2D eigenvalue weighted by Gasteiger charge is 2.31. The fraction of sp³-hybridized carbons (Fsp3) is 0.343. The lowest BCUT2D eigenvalue weighted by molar-refractivity contribution is -0.155. The Kier molecular flexibility index (Phi) is 12.6. The van der Waals surface area contributed by atoms with Gasteiger partial charge in [0.05, 0.1) is 27.7 Å². The zero-order valence-corrected chi connectivity index (χ0v) is 28.8. The molecule has 7 nitrogen and oxygen atoms in total. The average molecular weight is 667 g/mol. The van der Waals surface area contributed by atoms with E-state index < -0.39 is 5.41 Å². The highest BCUT2D eigenvalue weighted by atomic mass is 35.5. The van der Waals surface area contributed by atoms with Crippen LogP contribution in [-0.2, 0) is 29.1 Å². The van der Waals surface area contributed by atoms with Gasteiger partial charge in [-0.2, -0.15) is 0 Å². The zero-order chi connectivity index (χ0) is 32.4. The van der Waals surface area contributed by atoms with Gasteiger partial charge in [0.2, 0.25) is 0 Å². The third-order valence-corrected chi connectivity index (χ3v) is 9.25. The predicted molar refractivity (Wildman–Crippen MR) is 190 cm³/mol. The van der Waals surface area contributed by atoms with Crippen molar-refractivity contribution in [1.82, 2.24) is 5.32 Å². The molecular weight excluding hydrogens is 624 g/mol. The van der Waals surface area contributed by atoms with Gasteiger partial charge in [-0.3, -0.25) is 4.79 Å². The Labute approximate surface area is 281 Å². The van der Waals surface area contributed by atoms with Crippen LogP contribution in [0.1, 0.15) is 42.3 Å². The Morgan fingerprint density at radius 1 is 1.07 bits per heavy atom. The van der Waals surface area contributed by atoms with Gasteiger partial charge in [0.25, 0.3) is 0 Å². The molecule has 0 amide bonds. The Balaban J connectivity index is 1.38. The van der Waals surface area contributed by atoms with E-state index >= 15 is 0 Å². The van der Waals surface area contributed by atoms with Gasteiger partial charge in [-0.05, 0) is 75.1 Å². The van der Waals surface area contributed by atoms with Crippen LogP contribution in [0.15, 0.2) is 83.8 Å². The monoisotopic (exact) mass is 666 g/mol. The predicted octanol–water partition coefficient (Wildman–Crippen LogP) is 7.66. The number of nitrogens with one attached hydrogen (secondary N) is 2. The Morgan fingerprint density at radius 2 is 1.80 bits per heavy atom. The van der Waals surface area contributed by atoms with Crippen LogP contribution in [-0.4, -0.2) is 31.7 Å². The SMILES string of the molecule is CCN(N)c1cccc(C)c1NC[C@H](CNCc1cc(CC(C)(C)C(=O)OCc2ccccc2)sc1Cl)Oc1ccccc1S. The number of nitrogens with two attached hydrogens (primary N) is 1. The summed E-state index contributed by atoms with van der Waals surface area (Å²) in [5.41, 5.74) is 4.26. The number of rotatable bonds is 16. The summed E-state index contributed by atoms with van der Waals surface area (Å²) in [5.74, 6) is 6.75. The van der Waals surface area contributed by atoms with Gasteiger partial charge >= 0.3 is 5.97 Å². The molecule has 1 heterocycles. The molecule has 4 rings (SSSR count). The summed E-state index contributed by atoms with van der Waals surface area (Å²) in [6.45, 7) is 10.5. The first-order valence-electron chi connectivity index (χ1n) is 15.1. The molecule has 0 saturated heterocycles. The molecule has 0 bridgehead atoms. The van der Waals surface area contributed by atoms with E-state index in [4.69, 9.17) is 26.9 Å². The second kappa shape index (κ2) is 16.4. The number of carbonyl (C=O) groups is 1. The third kappa shape index (κ3) is 9.89. The van der Waals surface area contributed by atoms with Gasteiger partial charge in [0.1, 0.15) is 18.5 Å². The molecule has 0 spiro atoms. The number of benzene rings is 3. The molecule has 3 aromatic carbocycles. The molecule has 0 aliphatic heterocycles. The third-order valence-electron chi connectivity index (χ3n) is 7.44. The number of nitrogens with zero attached hydrogens (tertiary/aromatic N) is 1. The van der Waals surface area contributed by atoms with E-state index in [1.807, 2.05) is 87.5 Å². The maximum absolute atomic E-state index is 12.9. The molecule has 4 aromatic rings. The van der Waals surface area contributed by atoms with Crippen LogP contribution in [0.2, 0.25) is 4.34 Å². The molecule has 0 saturated carbocycles. The number of aryl methyl sites for hydroxylation is 1. The Hall–Kier alpha value is -3.21. The first kappa shape index (κ1) is 34.7. The number of halogens is 1. The molecule has 1 atom stereocenters. The molecule has 0 fully saturated rings. The summed E-state index contributed by atoms with van der Waals surface area (Å²) in [4.78, 5) is 14.7. The highest BCUT2D eigenvalue weighted by molar-refractivity contribution is 7.80. The van der Waals surface area contributed by atoms with E-state index in [2.05, 4.69) is 42.3 Å². The average Bonchev–Trinajstić information content (AvgIpc) is 3.37. The zero-order valence-electron chi connectivity index (χ0n) is 26.3. The molecule has 10 heteroatoms. The van der Waals surface area contributed by atoms with Gasteiger partial charge in [0, 0.05) is 29.4 Å². The summed E-state index contributed by atoms with van der Waals surface area (Å²) in [6, 6.07) is 25.6. The van der Waals surface area contributed by atoms with E-state index in [0.717, 1.165) is 37.8 Å². The fourth-order valence-electron chi connectivity index (χ4n) is 4.86. The van der Waals surface area contributed by atoms with Crippen molar-refractivity contribution in [1.29, 1.82) is 0 Å². The number of thiophene rings is 1. The lowest BCUT2D eigenvalue weighted by Crippen LogP contribution is -2.37. The van der Waals surface area contributed by atoms with Gasteiger partial charge in [-0.1, -0.05) is 66.2 Å². The molecule has 0 unspecified atom stereocenters. The smallest absolute Gasteiger partial charge is 0.312 e. The summed E-state index contributed by atoms with van der Waals surface area (Å²) >= 11 is 12.8. The minimum absolute atomic E-state index is 0.228. The molecule has 4 N–H and O–H groups in total. The van der Waals surface area contributed by atoms with Gasteiger partial charge < -0.3 is 25.1 Å². The first-order chi connectivity index (χ1) is 21.6. The number of hydrogen-bond donors (Lipinski definition) is 4. The summed E-state index contributed by atoms with van der Waals surface area (Å²) in [5, 5.41) is 8.83. The molecule has 0 radical (unpaired) electrons. The molecule has 1 aromatic heterocycles. The van der Waals surface area contributed by atoms with Crippen LogP contribution in [0.4, 0.5) is 11.4 Å². The number of hydrogen-bond acceptors (Lipinski definition) is 9. The maximum atomic E-state index is 12.9. The normalized spacial score (nSPS) is 12.1. The van der Waals surface area contributed by atoms with E-state index in [1.54, 1.807) is 5.01 Å². The number of anilines is 2. The molecular formula is C35H43ClN4O3S2. The number of esters is 1. The van der Waals surface area contributed by atoms with Crippen LogP contribution in [0, 0.1) is 12.3 Å². The highest BCUT2D eigenvalue weighted by Crippen LogP contribution is 2.34. The molecule has 240 valence electrons.